The first-order chi connectivity index (χ1) is 10.0. The average Bonchev–Trinajstić information content (AvgIpc) is 2.47. The molecule has 0 aliphatic rings. The fraction of sp³-hybridized carbons (Fsp3) is 0.0714. The Morgan fingerprint density at radius 3 is 2.57 bits per heavy atom. The molecule has 106 valence electrons. The summed E-state index contributed by atoms with van der Waals surface area (Å²) in [6.07, 6.45) is 0. The quantitative estimate of drug-likeness (QED) is 0.525. The van der Waals surface area contributed by atoms with E-state index in [1.165, 1.54) is 31.4 Å². The molecule has 21 heavy (non-hydrogen) atoms. The summed E-state index contributed by atoms with van der Waals surface area (Å²) in [6.45, 7) is 0. The van der Waals surface area contributed by atoms with Crippen LogP contribution in [-0.4, -0.2) is 12.0 Å². The Bertz CT molecular complexity index is 737. The van der Waals surface area contributed by atoms with Gasteiger partial charge >= 0.3 is 0 Å². The van der Waals surface area contributed by atoms with Crippen molar-refractivity contribution in [1.29, 1.82) is 5.26 Å². The van der Waals surface area contributed by atoms with Gasteiger partial charge in [-0.05, 0) is 18.2 Å². The van der Waals surface area contributed by atoms with E-state index in [1.54, 1.807) is 12.1 Å². The van der Waals surface area contributed by atoms with Crippen molar-refractivity contribution in [1.82, 2.24) is 0 Å². The predicted molar refractivity (Wildman–Crippen MR) is 75.3 cm³/mol. The van der Waals surface area contributed by atoms with Crippen LogP contribution in [-0.2, 0) is 0 Å². The molecule has 0 amide bonds. The number of methoxy groups -OCH3 is 1. The number of rotatable bonds is 4. The van der Waals surface area contributed by atoms with Crippen molar-refractivity contribution in [3.05, 3.63) is 52.1 Å². The first-order valence-corrected chi connectivity index (χ1v) is 5.85. The highest BCUT2D eigenvalue weighted by molar-refractivity contribution is 5.61. The summed E-state index contributed by atoms with van der Waals surface area (Å²) >= 11 is 0. The van der Waals surface area contributed by atoms with Crippen LogP contribution in [0, 0.1) is 21.4 Å². The summed E-state index contributed by atoms with van der Waals surface area (Å²) in [5.41, 5.74) is 5.85. The van der Waals surface area contributed by atoms with Gasteiger partial charge in [-0.25, -0.2) is 0 Å². The molecule has 0 saturated heterocycles. The Morgan fingerprint density at radius 1 is 1.24 bits per heavy atom. The van der Waals surface area contributed by atoms with E-state index < -0.39 is 4.92 Å². The van der Waals surface area contributed by atoms with Crippen LogP contribution in [0.1, 0.15) is 5.56 Å². The zero-order valence-electron chi connectivity index (χ0n) is 11.1. The first-order valence-electron chi connectivity index (χ1n) is 5.85. The van der Waals surface area contributed by atoms with E-state index in [4.69, 9.17) is 20.5 Å². The van der Waals surface area contributed by atoms with Gasteiger partial charge in [-0.2, -0.15) is 5.26 Å². The summed E-state index contributed by atoms with van der Waals surface area (Å²) in [5, 5.41) is 19.5. The van der Waals surface area contributed by atoms with Gasteiger partial charge in [0.15, 0.2) is 11.5 Å². The minimum absolute atomic E-state index is 0.00473. The summed E-state index contributed by atoms with van der Waals surface area (Å²) in [7, 11) is 1.45. The minimum Gasteiger partial charge on any atom is -0.493 e. The second-order valence-electron chi connectivity index (χ2n) is 4.06. The molecule has 2 aromatic rings. The minimum atomic E-state index is -0.568. The Hall–Kier alpha value is -3.27. The Balaban J connectivity index is 2.32. The lowest BCUT2D eigenvalue weighted by Gasteiger charge is -2.10. The fourth-order valence-corrected chi connectivity index (χ4v) is 1.71. The maximum Gasteiger partial charge on any atom is 0.292 e. The summed E-state index contributed by atoms with van der Waals surface area (Å²) in [6, 6.07) is 10.7. The maximum absolute atomic E-state index is 10.7. The van der Waals surface area contributed by atoms with Gasteiger partial charge in [-0.3, -0.25) is 10.1 Å². The van der Waals surface area contributed by atoms with Gasteiger partial charge in [0.05, 0.1) is 23.7 Å². The average molecular weight is 285 g/mol. The third kappa shape index (κ3) is 3.01. The van der Waals surface area contributed by atoms with Crippen LogP contribution in [0.2, 0.25) is 0 Å². The highest BCUT2D eigenvalue weighted by Gasteiger charge is 2.13. The summed E-state index contributed by atoms with van der Waals surface area (Å²) in [5.74, 6) is 1.09. The molecule has 0 aromatic heterocycles. The van der Waals surface area contributed by atoms with Crippen LogP contribution < -0.4 is 15.2 Å². The lowest BCUT2D eigenvalue weighted by atomic mass is 10.2. The van der Waals surface area contributed by atoms with Crippen LogP contribution >= 0.6 is 0 Å². The van der Waals surface area contributed by atoms with Crippen molar-refractivity contribution >= 4 is 11.4 Å². The number of nitro benzene ring substituents is 1. The van der Waals surface area contributed by atoms with E-state index >= 15 is 0 Å². The molecule has 2 N–H and O–H groups in total. The molecule has 0 atom stereocenters. The van der Waals surface area contributed by atoms with Gasteiger partial charge < -0.3 is 15.2 Å². The molecule has 2 rings (SSSR count). The highest BCUT2D eigenvalue weighted by Crippen LogP contribution is 2.34. The molecule has 0 unspecified atom stereocenters. The van der Waals surface area contributed by atoms with Crippen molar-refractivity contribution in [3.63, 3.8) is 0 Å². The number of hydrogen-bond acceptors (Lipinski definition) is 6. The standard InChI is InChI=1S/C14H11N3O4/c1-20-14-6-9(8-15)2-5-13(14)21-10-3-4-12(17(18)19)11(16)7-10/h2-7H,16H2,1H3. The lowest BCUT2D eigenvalue weighted by molar-refractivity contribution is -0.383. The number of nitrogens with zero attached hydrogens (tertiary/aromatic N) is 2. The Morgan fingerprint density at radius 2 is 2.00 bits per heavy atom. The van der Waals surface area contributed by atoms with Gasteiger partial charge in [0, 0.05) is 18.2 Å². The molecule has 0 aliphatic carbocycles. The van der Waals surface area contributed by atoms with Crippen LogP contribution in [0.25, 0.3) is 0 Å². The number of anilines is 1. The van der Waals surface area contributed by atoms with Crippen molar-refractivity contribution in [3.8, 4) is 23.3 Å². The molecule has 0 heterocycles. The summed E-state index contributed by atoms with van der Waals surface area (Å²) < 4.78 is 10.7. The fourth-order valence-electron chi connectivity index (χ4n) is 1.71. The Labute approximate surface area is 120 Å². The third-order valence-corrected chi connectivity index (χ3v) is 2.72. The van der Waals surface area contributed by atoms with Crippen LogP contribution in [0.3, 0.4) is 0 Å². The van der Waals surface area contributed by atoms with Crippen molar-refractivity contribution in [2.75, 3.05) is 12.8 Å². The monoisotopic (exact) mass is 285 g/mol. The number of nitro groups is 1. The van der Waals surface area contributed by atoms with E-state index in [-0.39, 0.29) is 11.4 Å². The smallest absolute Gasteiger partial charge is 0.292 e. The number of hydrogen-bond donors (Lipinski definition) is 1. The van der Waals surface area contributed by atoms with Gasteiger partial charge in [0.1, 0.15) is 11.4 Å². The molecule has 7 nitrogen and oxygen atoms in total. The third-order valence-electron chi connectivity index (χ3n) is 2.72. The molecule has 0 spiro atoms. The van der Waals surface area contributed by atoms with Gasteiger partial charge in [0.2, 0.25) is 0 Å². The second-order valence-corrected chi connectivity index (χ2v) is 4.06. The van der Waals surface area contributed by atoms with Crippen LogP contribution in [0.5, 0.6) is 17.2 Å². The topological polar surface area (TPSA) is 111 Å². The van der Waals surface area contributed by atoms with Gasteiger partial charge in [-0.15, -0.1) is 0 Å². The zero-order valence-corrected chi connectivity index (χ0v) is 11.1. The molecule has 7 heteroatoms. The predicted octanol–water partition coefficient (Wildman–Crippen LogP) is 2.85. The zero-order chi connectivity index (χ0) is 15.4. The number of nitrogen functional groups attached to an aromatic ring is 1. The largest absolute Gasteiger partial charge is 0.493 e. The van der Waals surface area contributed by atoms with Crippen LogP contribution in [0.4, 0.5) is 11.4 Å². The molecule has 0 aliphatic heterocycles. The van der Waals surface area contributed by atoms with E-state index in [0.717, 1.165) is 0 Å². The molecular weight excluding hydrogens is 274 g/mol. The van der Waals surface area contributed by atoms with Crippen molar-refractivity contribution < 1.29 is 14.4 Å². The summed E-state index contributed by atoms with van der Waals surface area (Å²) in [4.78, 5) is 10.1. The molecule has 0 saturated carbocycles. The molecular formula is C14H11N3O4. The number of benzene rings is 2. The van der Waals surface area contributed by atoms with E-state index in [2.05, 4.69) is 0 Å². The first kappa shape index (κ1) is 14.1. The second kappa shape index (κ2) is 5.79. The normalized spacial score (nSPS) is 9.71. The molecule has 0 bridgehead atoms. The molecule has 0 radical (unpaired) electrons. The Kier molecular flexibility index (Phi) is 3.90. The van der Waals surface area contributed by atoms with Crippen molar-refractivity contribution in [2.45, 2.75) is 0 Å². The van der Waals surface area contributed by atoms with Crippen LogP contribution in [0.15, 0.2) is 36.4 Å². The number of nitrogens with two attached hydrogens (primary N) is 1. The van der Waals surface area contributed by atoms with E-state index in [0.29, 0.717) is 22.8 Å². The van der Waals surface area contributed by atoms with E-state index in [9.17, 15) is 10.1 Å². The van der Waals surface area contributed by atoms with Gasteiger partial charge in [-0.1, -0.05) is 0 Å². The number of ether oxygens (including phenoxy) is 2. The number of nitriles is 1. The van der Waals surface area contributed by atoms with E-state index in [1.807, 2.05) is 6.07 Å². The SMILES string of the molecule is COc1cc(C#N)ccc1Oc1ccc([N+](=O)[O-])c(N)c1. The van der Waals surface area contributed by atoms with Gasteiger partial charge in [0.25, 0.3) is 5.69 Å². The molecule has 0 fully saturated rings. The maximum atomic E-state index is 10.7. The lowest BCUT2D eigenvalue weighted by Crippen LogP contribution is -1.96. The van der Waals surface area contributed by atoms with Crippen molar-refractivity contribution in [2.24, 2.45) is 0 Å². The highest BCUT2D eigenvalue weighted by atomic mass is 16.6. The molecule has 2 aromatic carbocycles.